The van der Waals surface area contributed by atoms with Gasteiger partial charge in [0.05, 0.1) is 12.3 Å². The summed E-state index contributed by atoms with van der Waals surface area (Å²) in [6.45, 7) is 0.779. The van der Waals surface area contributed by atoms with Crippen LogP contribution in [-0.4, -0.2) is 12.8 Å². The van der Waals surface area contributed by atoms with E-state index in [2.05, 4.69) is 22.7 Å². The summed E-state index contributed by atoms with van der Waals surface area (Å²) >= 11 is 0. The van der Waals surface area contributed by atoms with Crippen molar-refractivity contribution in [2.24, 2.45) is 5.10 Å². The Kier molecular flexibility index (Phi) is 1.56. The quantitative estimate of drug-likeness (QED) is 0.672. The van der Waals surface area contributed by atoms with Crippen LogP contribution < -0.4 is 10.2 Å². The molecule has 0 bridgehead atoms. The van der Waals surface area contributed by atoms with E-state index < -0.39 is 0 Å². The molecule has 0 unspecified atom stereocenters. The molecule has 0 atom stereocenters. The Balaban J connectivity index is 2.22. The monoisotopic (exact) mass is 186 g/mol. The predicted octanol–water partition coefficient (Wildman–Crippen LogP) is 2.05. The van der Waals surface area contributed by atoms with E-state index in [1.807, 2.05) is 12.1 Å². The average molecular weight is 186 g/mol. The van der Waals surface area contributed by atoms with Gasteiger partial charge in [-0.1, -0.05) is 6.08 Å². The Labute approximate surface area is 82.1 Å². The van der Waals surface area contributed by atoms with Crippen molar-refractivity contribution in [3.63, 3.8) is 0 Å². The van der Waals surface area contributed by atoms with E-state index in [1.54, 1.807) is 6.21 Å². The SMILES string of the molecule is C1=Cc2ccc3c(c2NN=C1)CCO3. The first-order valence-electron chi connectivity index (χ1n) is 4.69. The lowest BCUT2D eigenvalue weighted by Gasteiger charge is -2.08. The molecule has 0 spiro atoms. The third-order valence-electron chi connectivity index (χ3n) is 2.52. The van der Waals surface area contributed by atoms with E-state index in [0.717, 1.165) is 24.5 Å². The lowest BCUT2D eigenvalue weighted by Crippen LogP contribution is -1.94. The number of anilines is 1. The normalized spacial score (nSPS) is 16.6. The highest BCUT2D eigenvalue weighted by molar-refractivity contribution is 5.85. The van der Waals surface area contributed by atoms with Gasteiger partial charge in [0.2, 0.25) is 0 Å². The summed E-state index contributed by atoms with van der Waals surface area (Å²) in [5.41, 5.74) is 6.56. The van der Waals surface area contributed by atoms with E-state index in [-0.39, 0.29) is 0 Å². The molecule has 0 saturated carbocycles. The summed E-state index contributed by atoms with van der Waals surface area (Å²) < 4.78 is 5.49. The maximum Gasteiger partial charge on any atom is 0.124 e. The van der Waals surface area contributed by atoms with Gasteiger partial charge >= 0.3 is 0 Å². The van der Waals surface area contributed by atoms with E-state index in [4.69, 9.17) is 4.74 Å². The molecule has 1 aromatic carbocycles. The van der Waals surface area contributed by atoms with E-state index >= 15 is 0 Å². The Morgan fingerprint density at radius 3 is 3.36 bits per heavy atom. The maximum absolute atomic E-state index is 5.49. The van der Waals surface area contributed by atoms with Gasteiger partial charge in [-0.2, -0.15) is 5.10 Å². The first kappa shape index (κ1) is 7.62. The van der Waals surface area contributed by atoms with Gasteiger partial charge < -0.3 is 4.74 Å². The van der Waals surface area contributed by atoms with Crippen LogP contribution in [0.1, 0.15) is 11.1 Å². The predicted molar refractivity (Wildman–Crippen MR) is 56.8 cm³/mol. The van der Waals surface area contributed by atoms with Crippen LogP contribution in [0.15, 0.2) is 23.3 Å². The molecule has 3 rings (SSSR count). The summed E-state index contributed by atoms with van der Waals surface area (Å²) in [7, 11) is 0. The van der Waals surface area contributed by atoms with Gasteiger partial charge in [-0.3, -0.25) is 5.43 Å². The molecule has 0 aromatic heterocycles. The molecule has 2 aliphatic rings. The van der Waals surface area contributed by atoms with Gasteiger partial charge in [0, 0.05) is 23.8 Å². The first-order valence-corrected chi connectivity index (χ1v) is 4.69. The largest absolute Gasteiger partial charge is 0.493 e. The number of hydrogen-bond acceptors (Lipinski definition) is 3. The summed E-state index contributed by atoms with van der Waals surface area (Å²) in [6.07, 6.45) is 6.70. The number of fused-ring (bicyclic) bond motifs is 3. The minimum atomic E-state index is 0.779. The van der Waals surface area contributed by atoms with Crippen LogP contribution in [0, 0.1) is 0 Å². The molecule has 14 heavy (non-hydrogen) atoms. The fourth-order valence-corrected chi connectivity index (χ4v) is 1.86. The van der Waals surface area contributed by atoms with Gasteiger partial charge in [-0.25, -0.2) is 0 Å². The Bertz CT molecular complexity index is 435. The molecule has 0 aliphatic carbocycles. The number of hydrazone groups is 1. The highest BCUT2D eigenvalue weighted by atomic mass is 16.5. The van der Waals surface area contributed by atoms with E-state index in [0.29, 0.717) is 0 Å². The summed E-state index contributed by atoms with van der Waals surface area (Å²) in [4.78, 5) is 0. The Hall–Kier alpha value is -1.77. The number of nitrogens with one attached hydrogen (secondary N) is 1. The van der Waals surface area contributed by atoms with Crippen LogP contribution in [0.4, 0.5) is 5.69 Å². The van der Waals surface area contributed by atoms with Crippen molar-refractivity contribution in [3.05, 3.63) is 29.3 Å². The zero-order chi connectivity index (χ0) is 9.38. The van der Waals surface area contributed by atoms with Crippen molar-refractivity contribution < 1.29 is 4.74 Å². The molecule has 70 valence electrons. The zero-order valence-corrected chi connectivity index (χ0v) is 7.66. The molecule has 1 aromatic rings. The van der Waals surface area contributed by atoms with Crippen molar-refractivity contribution in [1.82, 2.24) is 0 Å². The molecule has 0 saturated heterocycles. The van der Waals surface area contributed by atoms with Crippen molar-refractivity contribution in [3.8, 4) is 5.75 Å². The van der Waals surface area contributed by atoms with Crippen molar-refractivity contribution in [2.45, 2.75) is 6.42 Å². The van der Waals surface area contributed by atoms with Crippen LogP contribution >= 0.6 is 0 Å². The number of ether oxygens (including phenoxy) is 1. The van der Waals surface area contributed by atoms with Crippen LogP contribution in [0.3, 0.4) is 0 Å². The molecule has 1 N–H and O–H groups in total. The minimum Gasteiger partial charge on any atom is -0.493 e. The minimum absolute atomic E-state index is 0.779. The second-order valence-electron chi connectivity index (χ2n) is 3.35. The van der Waals surface area contributed by atoms with E-state index in [9.17, 15) is 0 Å². The Morgan fingerprint density at radius 2 is 2.36 bits per heavy atom. The number of allylic oxidation sites excluding steroid dienone is 1. The van der Waals surface area contributed by atoms with Crippen molar-refractivity contribution in [1.29, 1.82) is 0 Å². The van der Waals surface area contributed by atoms with Gasteiger partial charge in [0.25, 0.3) is 0 Å². The fraction of sp³-hybridized carbons (Fsp3) is 0.182. The fourth-order valence-electron chi connectivity index (χ4n) is 1.86. The summed E-state index contributed by atoms with van der Waals surface area (Å²) in [5.74, 6) is 0.988. The Morgan fingerprint density at radius 1 is 1.36 bits per heavy atom. The zero-order valence-electron chi connectivity index (χ0n) is 7.66. The lowest BCUT2D eigenvalue weighted by molar-refractivity contribution is 0.357. The number of hydrogen-bond donors (Lipinski definition) is 1. The maximum atomic E-state index is 5.49. The van der Waals surface area contributed by atoms with Gasteiger partial charge in [-0.05, 0) is 18.2 Å². The second kappa shape index (κ2) is 2.87. The first-order chi connectivity index (χ1) is 6.95. The van der Waals surface area contributed by atoms with Crippen LogP contribution in [0.25, 0.3) is 6.08 Å². The van der Waals surface area contributed by atoms with E-state index in [1.165, 1.54) is 11.1 Å². The highest BCUT2D eigenvalue weighted by Gasteiger charge is 2.18. The number of benzene rings is 1. The second-order valence-corrected chi connectivity index (χ2v) is 3.35. The molecule has 0 fully saturated rings. The van der Waals surface area contributed by atoms with Gasteiger partial charge in [0.15, 0.2) is 0 Å². The number of nitrogens with zero attached hydrogens (tertiary/aromatic N) is 1. The molecule has 3 heteroatoms. The summed E-state index contributed by atoms with van der Waals surface area (Å²) in [5, 5.41) is 4.07. The van der Waals surface area contributed by atoms with Gasteiger partial charge in [0.1, 0.15) is 5.75 Å². The smallest absolute Gasteiger partial charge is 0.124 e. The number of rotatable bonds is 0. The molecule has 0 amide bonds. The lowest BCUT2D eigenvalue weighted by atomic mass is 10.0. The molecule has 0 radical (unpaired) electrons. The molecular weight excluding hydrogens is 176 g/mol. The van der Waals surface area contributed by atoms with Gasteiger partial charge in [-0.15, -0.1) is 0 Å². The van der Waals surface area contributed by atoms with Crippen molar-refractivity contribution in [2.75, 3.05) is 12.0 Å². The van der Waals surface area contributed by atoms with Crippen LogP contribution in [0.5, 0.6) is 5.75 Å². The van der Waals surface area contributed by atoms with Crippen molar-refractivity contribution >= 4 is 18.0 Å². The van der Waals surface area contributed by atoms with Crippen LogP contribution in [0.2, 0.25) is 0 Å². The standard InChI is InChI=1S/C11H10N2O/c1-2-8-3-4-10-9(5-7-14-10)11(8)13-12-6-1/h1-4,6,13H,5,7H2. The average Bonchev–Trinajstić information content (AvgIpc) is 2.55. The third-order valence-corrected chi connectivity index (χ3v) is 2.52. The molecule has 3 nitrogen and oxygen atoms in total. The molecule has 2 aliphatic heterocycles. The topological polar surface area (TPSA) is 33.6 Å². The van der Waals surface area contributed by atoms with Crippen LogP contribution in [-0.2, 0) is 6.42 Å². The highest BCUT2D eigenvalue weighted by Crippen LogP contribution is 2.35. The third kappa shape index (κ3) is 1.02. The molecular formula is C11H10N2O. The molecule has 2 heterocycles. The summed E-state index contributed by atoms with van der Waals surface area (Å²) in [6, 6.07) is 4.08.